The zero-order chi connectivity index (χ0) is 25.9. The maximum atomic E-state index is 8.84. The molecule has 3 aromatic carbocycles. The number of pyridine rings is 1. The van der Waals surface area contributed by atoms with Crippen LogP contribution in [0.3, 0.4) is 0 Å². The van der Waals surface area contributed by atoms with Crippen LogP contribution in [0.1, 0.15) is 38.8 Å². The summed E-state index contributed by atoms with van der Waals surface area (Å²) in [6.07, 6.45) is -0.616. The van der Waals surface area contributed by atoms with Crippen LogP contribution < -0.4 is 0 Å². The second-order valence-corrected chi connectivity index (χ2v) is 8.82. The van der Waals surface area contributed by atoms with Crippen LogP contribution in [0.5, 0.6) is 0 Å². The van der Waals surface area contributed by atoms with Gasteiger partial charge in [0.25, 0.3) is 0 Å². The van der Waals surface area contributed by atoms with E-state index in [0.29, 0.717) is 16.8 Å². The van der Waals surface area contributed by atoms with E-state index in [-0.39, 0.29) is 11.1 Å². The van der Waals surface area contributed by atoms with Crippen molar-refractivity contribution in [3.8, 4) is 22.4 Å². The van der Waals surface area contributed by atoms with Crippen LogP contribution >= 0.6 is 0 Å². The van der Waals surface area contributed by atoms with Crippen LogP contribution in [0.25, 0.3) is 44.3 Å². The van der Waals surface area contributed by atoms with Crippen molar-refractivity contribution in [2.45, 2.75) is 34.0 Å². The molecule has 2 nitrogen and oxygen atoms in total. The Morgan fingerprint density at radius 2 is 1.55 bits per heavy atom. The zero-order valence-electron chi connectivity index (χ0n) is 22.9. The molecule has 0 radical (unpaired) electrons. The third kappa shape index (κ3) is 3.63. The summed E-state index contributed by atoms with van der Waals surface area (Å²) in [6.45, 7) is 2.81. The van der Waals surface area contributed by atoms with Gasteiger partial charge in [0.05, 0.1) is 5.69 Å². The van der Waals surface area contributed by atoms with E-state index < -0.39 is 18.6 Å². The van der Waals surface area contributed by atoms with Gasteiger partial charge in [0.1, 0.15) is 11.2 Å². The molecule has 0 saturated heterocycles. The molecule has 0 aliphatic heterocycles. The molecule has 0 aliphatic rings. The van der Waals surface area contributed by atoms with Crippen molar-refractivity contribution in [3.63, 3.8) is 0 Å². The Balaban J connectivity index is 1.77. The number of nitrogens with zero attached hydrogens (tertiary/aromatic N) is 1. The first kappa shape index (κ1) is 14.6. The molecule has 5 aromatic rings. The zero-order valence-corrected chi connectivity index (χ0v) is 17.9. The molecule has 0 unspecified atom stereocenters. The van der Waals surface area contributed by atoms with E-state index in [1.807, 2.05) is 66.7 Å². The fourth-order valence-corrected chi connectivity index (χ4v) is 3.98. The average molecular weight is 411 g/mol. The molecule has 154 valence electrons. The molecule has 0 saturated carbocycles. The van der Waals surface area contributed by atoms with Gasteiger partial charge in [-0.1, -0.05) is 81.4 Å². The van der Waals surface area contributed by atoms with Crippen LogP contribution in [0.15, 0.2) is 83.4 Å². The Hall–Kier alpha value is -3.39. The maximum absolute atomic E-state index is 8.84. The molecule has 0 aliphatic carbocycles. The summed E-state index contributed by atoms with van der Waals surface area (Å²) in [7, 11) is 0. The predicted octanol–water partition coefficient (Wildman–Crippen LogP) is 8.21. The van der Waals surface area contributed by atoms with E-state index >= 15 is 0 Å². The highest BCUT2D eigenvalue weighted by atomic mass is 16.3. The molecular formula is C29H27NO. The summed E-state index contributed by atoms with van der Waals surface area (Å²) in [5.41, 5.74) is 3.79. The van der Waals surface area contributed by atoms with Crippen LogP contribution in [0, 0.1) is 12.3 Å². The summed E-state index contributed by atoms with van der Waals surface area (Å²) >= 11 is 0. The topological polar surface area (TPSA) is 26.0 Å². The molecular weight excluding hydrogens is 378 g/mol. The van der Waals surface area contributed by atoms with Crippen molar-refractivity contribution >= 4 is 21.9 Å². The summed E-state index contributed by atoms with van der Waals surface area (Å²) in [4.78, 5) is 4.49. The first-order valence-electron chi connectivity index (χ1n) is 12.9. The lowest BCUT2D eigenvalue weighted by molar-refractivity contribution is 0.410. The smallest absolute Gasteiger partial charge is 0.144 e. The van der Waals surface area contributed by atoms with Gasteiger partial charge in [-0.3, -0.25) is 4.98 Å². The molecule has 0 bridgehead atoms. The molecule has 0 amide bonds. The van der Waals surface area contributed by atoms with Crippen LogP contribution in [-0.2, 0) is 6.37 Å². The fourth-order valence-electron chi connectivity index (χ4n) is 3.98. The first-order chi connectivity index (χ1) is 16.9. The number of hydrogen-bond donors (Lipinski definition) is 0. The monoisotopic (exact) mass is 410 g/mol. The number of aryl methyl sites for hydroxylation is 1. The molecule has 5 rings (SSSR count). The van der Waals surface area contributed by atoms with Crippen molar-refractivity contribution in [2.75, 3.05) is 0 Å². The largest absolute Gasteiger partial charge is 0.455 e. The molecule has 0 fully saturated rings. The van der Waals surface area contributed by atoms with E-state index in [0.717, 1.165) is 27.5 Å². The third-order valence-electron chi connectivity index (χ3n) is 5.30. The fraction of sp³-hybridized carbons (Fsp3) is 0.207. The molecule has 0 atom stereocenters. The lowest BCUT2D eigenvalue weighted by Crippen LogP contribution is -2.10. The minimum absolute atomic E-state index is 0.0747. The Kier molecular flexibility index (Phi) is 3.48. The molecule has 0 N–H and O–H groups in total. The SMILES string of the molecule is [2H]C([2H])([2H])c1cnc(-c2cccc3c2oc2c(-c4ccccc4)cccc23)cc1C([2H])([2H])C(C)(C)C. The number of aromatic nitrogens is 1. The highest BCUT2D eigenvalue weighted by Gasteiger charge is 2.18. The van der Waals surface area contributed by atoms with Gasteiger partial charge in [0, 0.05) is 34.9 Å². The third-order valence-corrected chi connectivity index (χ3v) is 5.30. The number of para-hydroxylation sites is 2. The van der Waals surface area contributed by atoms with Gasteiger partial charge in [0.2, 0.25) is 0 Å². The first-order valence-corrected chi connectivity index (χ1v) is 10.4. The van der Waals surface area contributed by atoms with Crippen LogP contribution in [0.2, 0.25) is 0 Å². The van der Waals surface area contributed by atoms with Gasteiger partial charge in [-0.05, 0) is 47.5 Å². The van der Waals surface area contributed by atoms with E-state index in [1.54, 1.807) is 26.8 Å². The molecule has 31 heavy (non-hydrogen) atoms. The number of benzene rings is 3. The summed E-state index contributed by atoms with van der Waals surface area (Å²) in [5, 5.41) is 1.89. The minimum atomic E-state index is -2.49. The second-order valence-electron chi connectivity index (χ2n) is 8.82. The van der Waals surface area contributed by atoms with Crippen molar-refractivity contribution in [1.82, 2.24) is 4.98 Å². The second kappa shape index (κ2) is 7.39. The summed E-state index contributed by atoms with van der Waals surface area (Å²) in [6, 6.07) is 23.4. The van der Waals surface area contributed by atoms with Gasteiger partial charge in [-0.15, -0.1) is 0 Å². The highest BCUT2D eigenvalue weighted by Crippen LogP contribution is 2.39. The Morgan fingerprint density at radius 1 is 0.871 bits per heavy atom. The van der Waals surface area contributed by atoms with E-state index in [1.165, 1.54) is 6.20 Å². The molecule has 2 heteroatoms. The van der Waals surface area contributed by atoms with Gasteiger partial charge >= 0.3 is 0 Å². The highest BCUT2D eigenvalue weighted by molar-refractivity contribution is 6.12. The number of furan rings is 1. The summed E-state index contributed by atoms with van der Waals surface area (Å²) < 4.78 is 48.1. The number of hydrogen-bond acceptors (Lipinski definition) is 2. The van der Waals surface area contributed by atoms with Gasteiger partial charge < -0.3 is 4.42 Å². The van der Waals surface area contributed by atoms with Crippen molar-refractivity contribution < 1.29 is 11.3 Å². The lowest BCUT2D eigenvalue weighted by atomic mass is 9.86. The average Bonchev–Trinajstić information content (AvgIpc) is 3.22. The quantitative estimate of drug-likeness (QED) is 0.299. The van der Waals surface area contributed by atoms with Crippen molar-refractivity contribution in [2.24, 2.45) is 5.41 Å². The number of fused-ring (bicyclic) bond motifs is 3. The van der Waals surface area contributed by atoms with Crippen molar-refractivity contribution in [1.29, 1.82) is 0 Å². The Labute approximate surface area is 190 Å². The molecule has 2 heterocycles. The van der Waals surface area contributed by atoms with Gasteiger partial charge in [-0.25, -0.2) is 0 Å². The number of rotatable bonds is 3. The van der Waals surface area contributed by atoms with Gasteiger partial charge in [-0.2, -0.15) is 0 Å². The van der Waals surface area contributed by atoms with Crippen LogP contribution in [0.4, 0.5) is 0 Å². The Morgan fingerprint density at radius 3 is 2.23 bits per heavy atom. The minimum Gasteiger partial charge on any atom is -0.455 e. The standard InChI is InChI=1S/C29H27NO/c1-19-18-30-26(16-21(19)17-29(2,3)4)25-15-9-14-24-23-13-8-12-22(27(23)31-28(24)25)20-10-6-5-7-11-20/h5-16,18H,17H2,1-4H3/i1D3,17D2. The normalized spacial score (nSPS) is 15.3. The maximum Gasteiger partial charge on any atom is 0.144 e. The lowest BCUT2D eigenvalue weighted by Gasteiger charge is -2.20. The van der Waals surface area contributed by atoms with E-state index in [9.17, 15) is 0 Å². The molecule has 2 aromatic heterocycles. The van der Waals surface area contributed by atoms with Crippen molar-refractivity contribution in [3.05, 3.63) is 90.1 Å². The summed E-state index contributed by atoms with van der Waals surface area (Å²) in [5.74, 6) is 0. The van der Waals surface area contributed by atoms with E-state index in [2.05, 4.69) is 4.98 Å². The molecule has 0 spiro atoms. The van der Waals surface area contributed by atoms with Crippen LogP contribution in [-0.4, -0.2) is 4.98 Å². The van der Waals surface area contributed by atoms with E-state index in [4.69, 9.17) is 11.3 Å². The predicted molar refractivity (Wildman–Crippen MR) is 130 cm³/mol. The van der Waals surface area contributed by atoms with Gasteiger partial charge in [0.15, 0.2) is 0 Å². The Bertz CT molecular complexity index is 1580.